The quantitative estimate of drug-likeness (QED) is 0.366. The largest absolute Gasteiger partial charge is 0.768 e. The van der Waals surface area contributed by atoms with E-state index in [0.29, 0.717) is 4.24 Å². The number of hydrogen-bond acceptors (Lipinski definition) is 3. The summed E-state index contributed by atoms with van der Waals surface area (Å²) in [4.78, 5) is 11.6. The average molecular weight is 410 g/mol. The molecule has 0 aliphatic heterocycles. The summed E-state index contributed by atoms with van der Waals surface area (Å²) in [5, 5.41) is 6.46. The Morgan fingerprint density at radius 3 is 1.48 bits per heavy atom. The first-order chi connectivity index (χ1) is 13.2. The lowest BCUT2D eigenvalue weighted by molar-refractivity contribution is -0.108. The van der Waals surface area contributed by atoms with E-state index in [9.17, 15) is 4.79 Å². The molecule has 0 bridgehead atoms. The normalized spacial score (nSPS) is 12.2. The van der Waals surface area contributed by atoms with E-state index in [2.05, 4.69) is 41.7 Å². The number of carbonyl (C=O) groups is 1. The molecule has 0 radical (unpaired) electrons. The van der Waals surface area contributed by atoms with Crippen LogP contribution in [0.1, 0.15) is 0 Å². The highest BCUT2D eigenvalue weighted by atomic mass is 32.2. The fraction of sp³-hybridized carbons (Fsp3) is 0.0455. The molecule has 0 saturated carbocycles. The molecular formula is C22H20NOPS2. The molecular weight excluding hydrogens is 389 g/mol. The van der Waals surface area contributed by atoms with Crippen LogP contribution in [-0.2, 0) is 17.4 Å². The molecule has 0 unspecified atom stereocenters. The Kier molecular flexibility index (Phi) is 6.68. The number of benzene rings is 3. The van der Waals surface area contributed by atoms with Crippen LogP contribution in [-0.4, -0.2) is 12.7 Å². The van der Waals surface area contributed by atoms with Gasteiger partial charge in [-0.15, -0.1) is 0 Å². The first-order valence-electron chi connectivity index (χ1n) is 8.47. The molecule has 3 aromatic rings. The van der Waals surface area contributed by atoms with Gasteiger partial charge in [0, 0.05) is 0 Å². The minimum atomic E-state index is -2.34. The Morgan fingerprint density at radius 2 is 1.19 bits per heavy atom. The molecule has 0 aliphatic carbocycles. The topological polar surface area (TPSA) is 29.1 Å². The van der Waals surface area contributed by atoms with E-state index in [-0.39, 0.29) is 0 Å². The van der Waals surface area contributed by atoms with Crippen molar-refractivity contribution in [3.63, 3.8) is 0 Å². The van der Waals surface area contributed by atoms with Gasteiger partial charge >= 0.3 is 0 Å². The molecule has 0 heterocycles. The highest BCUT2D eigenvalue weighted by Gasteiger charge is 2.50. The minimum Gasteiger partial charge on any atom is -0.768 e. The highest BCUT2D eigenvalue weighted by molar-refractivity contribution is 8.11. The molecule has 1 amide bonds. The van der Waals surface area contributed by atoms with Crippen LogP contribution in [0.4, 0.5) is 0 Å². The van der Waals surface area contributed by atoms with Crippen LogP contribution >= 0.6 is 19.0 Å². The summed E-state index contributed by atoms with van der Waals surface area (Å²) in [7, 11) is -2.34. The van der Waals surface area contributed by atoms with Gasteiger partial charge in [-0.2, -0.15) is 11.8 Å². The Balaban J connectivity index is 2.49. The molecule has 0 atom stereocenters. The fourth-order valence-corrected chi connectivity index (χ4v) is 8.69. The second-order valence-corrected chi connectivity index (χ2v) is 10.6. The number of rotatable bonds is 7. The SMILES string of the molecule is CS/C([S-])=C(\NC=O)[P+](c1ccccc1)(c1ccccc1)c1ccccc1. The van der Waals surface area contributed by atoms with E-state index >= 15 is 0 Å². The van der Waals surface area contributed by atoms with Gasteiger partial charge in [-0.25, -0.2) is 0 Å². The van der Waals surface area contributed by atoms with Crippen LogP contribution in [0.3, 0.4) is 0 Å². The molecule has 0 saturated heterocycles. The zero-order chi connectivity index (χ0) is 19.1. The van der Waals surface area contributed by atoms with Crippen molar-refractivity contribution in [1.82, 2.24) is 5.32 Å². The van der Waals surface area contributed by atoms with Crippen molar-refractivity contribution in [3.05, 3.63) is 101 Å². The number of amides is 1. The van der Waals surface area contributed by atoms with Crippen LogP contribution in [0.5, 0.6) is 0 Å². The lowest BCUT2D eigenvalue weighted by atomic mass is 10.4. The molecule has 0 spiro atoms. The smallest absolute Gasteiger partial charge is 0.213 e. The Hall–Kier alpha value is -2.13. The maximum atomic E-state index is 11.6. The van der Waals surface area contributed by atoms with Crippen molar-refractivity contribution in [3.8, 4) is 0 Å². The molecule has 3 rings (SSSR count). The van der Waals surface area contributed by atoms with Crippen molar-refractivity contribution in [2.75, 3.05) is 6.26 Å². The van der Waals surface area contributed by atoms with Gasteiger partial charge in [0.25, 0.3) is 0 Å². The van der Waals surface area contributed by atoms with E-state index in [4.69, 9.17) is 12.6 Å². The first kappa shape index (κ1) is 19.6. The van der Waals surface area contributed by atoms with Gasteiger partial charge in [0.05, 0.1) is 0 Å². The molecule has 0 fully saturated rings. The summed E-state index contributed by atoms with van der Waals surface area (Å²) >= 11 is 7.21. The lowest BCUT2D eigenvalue weighted by Crippen LogP contribution is -2.36. The maximum absolute atomic E-state index is 11.6. The van der Waals surface area contributed by atoms with E-state index in [1.807, 2.05) is 60.9 Å². The van der Waals surface area contributed by atoms with Crippen molar-refractivity contribution < 1.29 is 4.79 Å². The highest BCUT2D eigenvalue weighted by Crippen LogP contribution is 2.62. The lowest BCUT2D eigenvalue weighted by Gasteiger charge is -2.31. The first-order valence-corrected chi connectivity index (χ1v) is 11.9. The van der Waals surface area contributed by atoms with Crippen LogP contribution in [0.2, 0.25) is 0 Å². The molecule has 1 N–H and O–H groups in total. The van der Waals surface area contributed by atoms with Crippen molar-refractivity contribution in [1.29, 1.82) is 0 Å². The molecule has 136 valence electrons. The van der Waals surface area contributed by atoms with Crippen molar-refractivity contribution in [2.24, 2.45) is 0 Å². The summed E-state index contributed by atoms with van der Waals surface area (Å²) in [6, 6.07) is 31.0. The fourth-order valence-electron chi connectivity index (χ4n) is 3.23. The van der Waals surface area contributed by atoms with E-state index in [1.54, 1.807) is 0 Å². The van der Waals surface area contributed by atoms with E-state index in [0.717, 1.165) is 27.8 Å². The van der Waals surface area contributed by atoms with Crippen LogP contribution in [0.25, 0.3) is 0 Å². The number of hydrogen-bond donors (Lipinski definition) is 1. The summed E-state index contributed by atoms with van der Waals surface area (Å²) in [6.07, 6.45) is 2.69. The summed E-state index contributed by atoms with van der Waals surface area (Å²) in [6.45, 7) is 0. The zero-order valence-electron chi connectivity index (χ0n) is 14.9. The number of nitrogens with one attached hydrogen (secondary N) is 1. The molecule has 3 aromatic carbocycles. The maximum Gasteiger partial charge on any atom is 0.213 e. The van der Waals surface area contributed by atoms with Gasteiger partial charge in [-0.1, -0.05) is 58.8 Å². The predicted octanol–water partition coefficient (Wildman–Crippen LogP) is 3.76. The molecule has 5 heteroatoms. The van der Waals surface area contributed by atoms with Gasteiger partial charge in [0.15, 0.2) is 12.7 Å². The van der Waals surface area contributed by atoms with Crippen molar-refractivity contribution in [2.45, 2.75) is 0 Å². The van der Waals surface area contributed by atoms with Gasteiger partial charge in [0.2, 0.25) is 6.41 Å². The number of carbonyl (C=O) groups excluding carboxylic acids is 1. The van der Waals surface area contributed by atoms with Gasteiger partial charge in [0.1, 0.15) is 15.9 Å². The van der Waals surface area contributed by atoms with Gasteiger partial charge in [-0.05, 0) is 42.7 Å². The summed E-state index contributed by atoms with van der Waals surface area (Å²) in [5.41, 5.74) is 0.809. The zero-order valence-corrected chi connectivity index (χ0v) is 17.4. The molecule has 0 aliphatic rings. The third-order valence-electron chi connectivity index (χ3n) is 4.34. The standard InChI is InChI=1S/C22H20NOPS2/c1-27-22(26)21(23-17-24)25(18-11-5-2-6-12-18,19-13-7-3-8-14-19)20-15-9-4-10-16-20/h2-17H,1H3,(H-,23,24,26)/b22-21+. The van der Waals surface area contributed by atoms with Crippen LogP contribution in [0, 0.1) is 0 Å². The third-order valence-corrected chi connectivity index (χ3v) is 10.2. The molecule has 27 heavy (non-hydrogen) atoms. The minimum absolute atomic E-state index is 0.701. The predicted molar refractivity (Wildman–Crippen MR) is 122 cm³/mol. The monoisotopic (exact) mass is 409 g/mol. The second kappa shape index (κ2) is 9.18. The Bertz CT molecular complexity index is 818. The van der Waals surface area contributed by atoms with Crippen molar-refractivity contribution >= 4 is 54.0 Å². The summed E-state index contributed by atoms with van der Waals surface area (Å²) < 4.78 is 0.701. The van der Waals surface area contributed by atoms with Crippen LogP contribution in [0.15, 0.2) is 101 Å². The van der Waals surface area contributed by atoms with E-state index < -0.39 is 7.26 Å². The second-order valence-electron chi connectivity index (χ2n) is 5.78. The Labute approximate surface area is 170 Å². The average Bonchev–Trinajstić information content (AvgIpc) is 2.75. The molecule has 0 aromatic heterocycles. The van der Waals surface area contributed by atoms with Crippen LogP contribution < -0.4 is 21.2 Å². The third kappa shape index (κ3) is 3.79. The number of thioether (sulfide) groups is 1. The Morgan fingerprint density at radius 1 is 0.815 bits per heavy atom. The summed E-state index contributed by atoms with van der Waals surface area (Å²) in [5.74, 6) is 0. The molecule has 2 nitrogen and oxygen atoms in total. The van der Waals surface area contributed by atoms with Gasteiger partial charge in [-0.3, -0.25) is 10.1 Å². The van der Waals surface area contributed by atoms with E-state index in [1.165, 1.54) is 11.8 Å². The van der Waals surface area contributed by atoms with Gasteiger partial charge < -0.3 is 12.6 Å².